The van der Waals surface area contributed by atoms with Gasteiger partial charge in [-0.15, -0.1) is 0 Å². The number of nitrogens with zero attached hydrogens (tertiary/aromatic N) is 2. The normalized spacial score (nSPS) is 25.6. The number of benzene rings is 2. The summed E-state index contributed by atoms with van der Waals surface area (Å²) in [6.45, 7) is 7.05. The first-order valence-electron chi connectivity index (χ1n) is 13.6. The van der Waals surface area contributed by atoms with Gasteiger partial charge >= 0.3 is 0 Å². The van der Waals surface area contributed by atoms with E-state index >= 15 is 0 Å². The van der Waals surface area contributed by atoms with Crippen molar-refractivity contribution in [3.8, 4) is 0 Å². The monoisotopic (exact) mass is 601 g/mol. The minimum Gasteiger partial charge on any atom is -0.343 e. The highest BCUT2D eigenvalue weighted by Gasteiger charge is 2.58. The maximum Gasteiger partial charge on any atom is 0.228 e. The van der Waals surface area contributed by atoms with Crippen LogP contribution in [0, 0.1) is 23.5 Å². The Balaban J connectivity index is 1.30. The summed E-state index contributed by atoms with van der Waals surface area (Å²) in [5.74, 6) is -2.81. The summed E-state index contributed by atoms with van der Waals surface area (Å²) in [6, 6.07) is 11.6. The second-order valence-electron chi connectivity index (χ2n) is 11.5. The van der Waals surface area contributed by atoms with Gasteiger partial charge in [-0.1, -0.05) is 54.9 Å². The lowest BCUT2D eigenvalue weighted by Crippen LogP contribution is -2.70. The number of nitrogens with one attached hydrogen (secondary N) is 1. The predicted molar refractivity (Wildman–Crippen MR) is 147 cm³/mol. The zero-order valence-electron chi connectivity index (χ0n) is 22.5. The molecule has 39 heavy (non-hydrogen) atoms. The molecular weight excluding hydrogens is 568 g/mol. The van der Waals surface area contributed by atoms with Crippen LogP contribution in [0.4, 0.5) is 8.78 Å². The number of rotatable bonds is 8. The number of hydrogen-bond acceptors (Lipinski definition) is 3. The van der Waals surface area contributed by atoms with E-state index in [0.29, 0.717) is 31.6 Å². The zero-order valence-corrected chi connectivity index (χ0v) is 24.1. The number of likely N-dealkylation sites (tertiary alicyclic amines) is 2. The number of hydrogen-bond donors (Lipinski definition) is 1. The molecule has 1 saturated carbocycles. The molecule has 0 aromatic heterocycles. The van der Waals surface area contributed by atoms with Crippen LogP contribution in [0.2, 0.25) is 0 Å². The van der Waals surface area contributed by atoms with Crippen molar-refractivity contribution in [2.75, 3.05) is 19.6 Å². The van der Waals surface area contributed by atoms with Crippen molar-refractivity contribution < 1.29 is 23.2 Å². The Labute approximate surface area is 236 Å². The molecule has 3 unspecified atom stereocenters. The average molecular weight is 603 g/mol. The lowest BCUT2D eigenvalue weighted by atomic mass is 9.81. The minimum absolute atomic E-state index is 0.0281. The molecule has 3 amide bonds. The van der Waals surface area contributed by atoms with E-state index in [4.69, 9.17) is 0 Å². The van der Waals surface area contributed by atoms with Crippen molar-refractivity contribution in [2.24, 2.45) is 11.8 Å². The standard InChI is InChI=1S/C30H34BrF2N3O3/c1-4-22(5-2)36-15-18(12-26(36)37)28(39)35-16-30(17-35,19-6-9-21(31)10-7-19)34-27(38)23-14-29(23,3)20-8-11-24(32)25(33)13-20/h6-11,13,18,22-23H,4-5,12,14-17H2,1-3H3,(H,34,38). The molecular formula is C30H34BrF2N3O3. The number of carbonyl (C=O) groups is 3. The molecule has 3 fully saturated rings. The quantitative estimate of drug-likeness (QED) is 0.468. The molecule has 2 aliphatic heterocycles. The highest BCUT2D eigenvalue weighted by Crippen LogP contribution is 2.54. The van der Waals surface area contributed by atoms with Crippen LogP contribution in [-0.2, 0) is 25.3 Å². The van der Waals surface area contributed by atoms with Crippen molar-refractivity contribution in [1.82, 2.24) is 15.1 Å². The fraction of sp³-hybridized carbons (Fsp3) is 0.500. The van der Waals surface area contributed by atoms with Gasteiger partial charge in [-0.25, -0.2) is 8.78 Å². The Morgan fingerprint density at radius 1 is 1.05 bits per heavy atom. The van der Waals surface area contributed by atoms with E-state index in [9.17, 15) is 23.2 Å². The molecule has 0 spiro atoms. The van der Waals surface area contributed by atoms with Crippen LogP contribution < -0.4 is 5.32 Å². The molecule has 1 aliphatic carbocycles. The molecule has 1 N–H and O–H groups in total. The summed E-state index contributed by atoms with van der Waals surface area (Å²) in [7, 11) is 0. The van der Waals surface area contributed by atoms with Gasteiger partial charge in [0.05, 0.1) is 5.92 Å². The van der Waals surface area contributed by atoms with Gasteiger partial charge in [0.1, 0.15) is 5.54 Å². The molecule has 2 aromatic rings. The van der Waals surface area contributed by atoms with Crippen LogP contribution in [0.5, 0.6) is 0 Å². The Morgan fingerprint density at radius 2 is 1.69 bits per heavy atom. The predicted octanol–water partition coefficient (Wildman–Crippen LogP) is 4.90. The maximum atomic E-state index is 13.9. The van der Waals surface area contributed by atoms with Crippen LogP contribution in [0.25, 0.3) is 0 Å². The lowest BCUT2D eigenvalue weighted by Gasteiger charge is -2.51. The van der Waals surface area contributed by atoms with Gasteiger partial charge in [-0.2, -0.15) is 0 Å². The number of carbonyl (C=O) groups excluding carboxylic acids is 3. The SMILES string of the molecule is CCC(CC)N1CC(C(=O)N2CC(NC(=O)C3CC3(C)c3ccc(F)c(F)c3)(c3ccc(Br)cc3)C2)CC1=O. The molecule has 5 rings (SSSR count). The van der Waals surface area contributed by atoms with Crippen LogP contribution in [0.1, 0.15) is 57.6 Å². The molecule has 0 radical (unpaired) electrons. The van der Waals surface area contributed by atoms with E-state index in [0.717, 1.165) is 28.9 Å². The summed E-state index contributed by atoms with van der Waals surface area (Å²) in [4.78, 5) is 43.2. The Kier molecular flexibility index (Phi) is 7.33. The van der Waals surface area contributed by atoms with Crippen LogP contribution in [-0.4, -0.2) is 53.2 Å². The van der Waals surface area contributed by atoms with Crippen LogP contribution in [0.3, 0.4) is 0 Å². The van der Waals surface area contributed by atoms with E-state index in [1.54, 1.807) is 4.90 Å². The lowest BCUT2D eigenvalue weighted by molar-refractivity contribution is -0.147. The van der Waals surface area contributed by atoms with E-state index in [2.05, 4.69) is 35.1 Å². The number of amides is 3. The third-order valence-corrected chi connectivity index (χ3v) is 9.54. The van der Waals surface area contributed by atoms with E-state index in [1.165, 1.54) is 12.1 Å². The van der Waals surface area contributed by atoms with Crippen molar-refractivity contribution in [3.63, 3.8) is 0 Å². The largest absolute Gasteiger partial charge is 0.343 e. The van der Waals surface area contributed by atoms with Gasteiger partial charge in [0.2, 0.25) is 17.7 Å². The van der Waals surface area contributed by atoms with Gasteiger partial charge in [-0.05, 0) is 54.7 Å². The molecule has 208 valence electrons. The Morgan fingerprint density at radius 3 is 2.31 bits per heavy atom. The number of halogens is 3. The smallest absolute Gasteiger partial charge is 0.228 e. The first kappa shape index (κ1) is 27.7. The van der Waals surface area contributed by atoms with Gasteiger partial charge in [0.25, 0.3) is 0 Å². The summed E-state index contributed by atoms with van der Waals surface area (Å²) >= 11 is 3.46. The van der Waals surface area contributed by atoms with Gasteiger partial charge < -0.3 is 15.1 Å². The summed E-state index contributed by atoms with van der Waals surface area (Å²) in [5.41, 5.74) is 0.140. The first-order valence-corrected chi connectivity index (χ1v) is 14.4. The zero-order chi connectivity index (χ0) is 28.1. The fourth-order valence-corrected chi connectivity index (χ4v) is 6.61. The highest BCUT2D eigenvalue weighted by molar-refractivity contribution is 9.10. The van der Waals surface area contributed by atoms with Crippen molar-refractivity contribution >= 4 is 33.7 Å². The minimum atomic E-state index is -0.924. The Hall–Kier alpha value is -2.81. The van der Waals surface area contributed by atoms with Crippen molar-refractivity contribution in [2.45, 2.75) is 63.5 Å². The summed E-state index contributed by atoms with van der Waals surface area (Å²) in [5, 5.41) is 3.21. The summed E-state index contributed by atoms with van der Waals surface area (Å²) in [6.07, 6.45) is 2.46. The maximum absolute atomic E-state index is 13.9. The van der Waals surface area contributed by atoms with Crippen molar-refractivity contribution in [1.29, 1.82) is 0 Å². The second kappa shape index (κ2) is 10.3. The van der Waals surface area contributed by atoms with E-state index in [-0.39, 0.29) is 42.0 Å². The molecule has 3 aliphatic rings. The topological polar surface area (TPSA) is 69.7 Å². The van der Waals surface area contributed by atoms with Crippen LogP contribution >= 0.6 is 15.9 Å². The molecule has 6 nitrogen and oxygen atoms in total. The molecule has 2 aromatic carbocycles. The molecule has 9 heteroatoms. The van der Waals surface area contributed by atoms with Gasteiger partial charge in [0, 0.05) is 47.9 Å². The van der Waals surface area contributed by atoms with Gasteiger partial charge in [0.15, 0.2) is 11.6 Å². The summed E-state index contributed by atoms with van der Waals surface area (Å²) < 4.78 is 28.3. The highest BCUT2D eigenvalue weighted by atomic mass is 79.9. The molecule has 2 saturated heterocycles. The average Bonchev–Trinajstić information content (AvgIpc) is 3.45. The van der Waals surface area contributed by atoms with Crippen molar-refractivity contribution in [3.05, 3.63) is 69.7 Å². The molecule has 2 heterocycles. The molecule has 3 atom stereocenters. The third kappa shape index (κ3) is 4.98. The van der Waals surface area contributed by atoms with E-state index in [1.807, 2.05) is 36.1 Å². The van der Waals surface area contributed by atoms with Gasteiger partial charge in [-0.3, -0.25) is 14.4 Å². The van der Waals surface area contributed by atoms with E-state index < -0.39 is 22.6 Å². The first-order chi connectivity index (χ1) is 18.5. The van der Waals surface area contributed by atoms with Crippen LogP contribution in [0.15, 0.2) is 46.9 Å². The Bertz CT molecular complexity index is 1290. The third-order valence-electron chi connectivity index (χ3n) is 9.02. The second-order valence-corrected chi connectivity index (χ2v) is 12.4. The fourth-order valence-electron chi connectivity index (χ4n) is 6.34. The molecule has 0 bridgehead atoms.